The minimum atomic E-state index is -0.596. The molecular formula is C30H25F2N5O. The Morgan fingerprint density at radius 1 is 0.947 bits per heavy atom. The summed E-state index contributed by atoms with van der Waals surface area (Å²) >= 11 is 0. The molecule has 0 spiro atoms. The zero-order chi connectivity index (χ0) is 26.4. The lowest BCUT2D eigenvalue weighted by Gasteiger charge is -2.24. The van der Waals surface area contributed by atoms with Crippen molar-refractivity contribution in [3.05, 3.63) is 125 Å². The number of nitrogens with zero attached hydrogens (tertiary/aromatic N) is 5. The number of hydrogen-bond acceptors (Lipinski definition) is 4. The predicted molar refractivity (Wildman–Crippen MR) is 142 cm³/mol. The average molecular weight is 510 g/mol. The topological polar surface area (TPSA) is 53.7 Å². The number of hydrazone groups is 1. The summed E-state index contributed by atoms with van der Waals surface area (Å²) in [5.41, 5.74) is 4.09. The lowest BCUT2D eigenvalue weighted by atomic mass is 9.79. The van der Waals surface area contributed by atoms with Crippen molar-refractivity contribution in [2.24, 2.45) is 5.10 Å². The van der Waals surface area contributed by atoms with E-state index in [2.05, 4.69) is 10.2 Å². The van der Waals surface area contributed by atoms with E-state index < -0.39 is 17.6 Å². The van der Waals surface area contributed by atoms with Crippen LogP contribution in [0.3, 0.4) is 0 Å². The van der Waals surface area contributed by atoms with Crippen LogP contribution in [0.4, 0.5) is 14.5 Å². The van der Waals surface area contributed by atoms with Crippen molar-refractivity contribution in [1.29, 1.82) is 0 Å². The Morgan fingerprint density at radius 2 is 1.71 bits per heavy atom. The molecule has 6 rings (SSSR count). The number of rotatable bonds is 6. The van der Waals surface area contributed by atoms with E-state index in [9.17, 15) is 4.79 Å². The molecule has 0 radical (unpaired) electrons. The molecule has 3 aromatic carbocycles. The van der Waals surface area contributed by atoms with Crippen LogP contribution in [-0.2, 0) is 17.8 Å². The maximum atomic E-state index is 15.3. The van der Waals surface area contributed by atoms with E-state index in [1.165, 1.54) is 5.01 Å². The minimum Gasteiger partial charge on any atom is -0.305 e. The zero-order valence-corrected chi connectivity index (χ0v) is 21.0. The standard InChI is InChI=1S/C30H25F2N5O/c1-35(2)18-20-6-3-4-7-26(20)37-30(38)23-17-21(27-24(31)12-13-25(32)28(27)29(23)34-37)16-19-8-10-22(11-9-19)36-15-5-14-33-36/h3-15,17,21H,16,18H2,1-2H3. The number of para-hydroxylation sites is 1. The van der Waals surface area contributed by atoms with Crippen LogP contribution in [0.25, 0.3) is 5.69 Å². The van der Waals surface area contributed by atoms with Gasteiger partial charge >= 0.3 is 0 Å². The Hall–Kier alpha value is -4.43. The predicted octanol–water partition coefficient (Wildman–Crippen LogP) is 5.23. The second-order valence-electron chi connectivity index (χ2n) is 9.76. The van der Waals surface area contributed by atoms with Crippen LogP contribution in [0.2, 0.25) is 0 Å². The van der Waals surface area contributed by atoms with Gasteiger partial charge in [-0.3, -0.25) is 4.79 Å². The molecule has 0 saturated heterocycles. The summed E-state index contributed by atoms with van der Waals surface area (Å²) in [5, 5.41) is 10.1. The quantitative estimate of drug-likeness (QED) is 0.358. The fourth-order valence-electron chi connectivity index (χ4n) is 5.18. The molecule has 6 nitrogen and oxygen atoms in total. The summed E-state index contributed by atoms with van der Waals surface area (Å²) in [7, 11) is 3.88. The number of hydrogen-bond donors (Lipinski definition) is 0. The number of carbonyl (C=O) groups excluding carboxylic acids is 1. The van der Waals surface area contributed by atoms with Crippen molar-refractivity contribution < 1.29 is 13.6 Å². The van der Waals surface area contributed by atoms with Crippen LogP contribution in [0, 0.1) is 11.6 Å². The average Bonchev–Trinajstić information content (AvgIpc) is 3.55. The van der Waals surface area contributed by atoms with Gasteiger partial charge < -0.3 is 4.90 Å². The molecule has 38 heavy (non-hydrogen) atoms. The van der Waals surface area contributed by atoms with E-state index in [1.807, 2.05) is 79.8 Å². The van der Waals surface area contributed by atoms with E-state index in [0.717, 1.165) is 28.9 Å². The molecule has 0 fully saturated rings. The Balaban J connectivity index is 1.40. The van der Waals surface area contributed by atoms with E-state index in [0.29, 0.717) is 24.2 Å². The first-order chi connectivity index (χ1) is 18.4. The number of carbonyl (C=O) groups is 1. The number of anilines is 1. The third-order valence-electron chi connectivity index (χ3n) is 6.86. The van der Waals surface area contributed by atoms with Crippen molar-refractivity contribution in [3.8, 4) is 5.69 Å². The molecular weight excluding hydrogens is 484 g/mol. The molecule has 190 valence electrons. The van der Waals surface area contributed by atoms with E-state index >= 15 is 8.78 Å². The largest absolute Gasteiger partial charge is 0.305 e. The number of fused-ring (bicyclic) bond motifs is 3. The molecule has 1 aliphatic heterocycles. The molecule has 2 aliphatic rings. The number of allylic oxidation sites excluding steroid dienone is 1. The molecule has 1 unspecified atom stereocenters. The molecule has 1 aliphatic carbocycles. The van der Waals surface area contributed by atoms with Crippen LogP contribution in [-0.4, -0.2) is 40.4 Å². The first-order valence-electron chi connectivity index (χ1n) is 12.4. The fourth-order valence-corrected chi connectivity index (χ4v) is 5.18. The molecule has 1 atom stereocenters. The molecule has 0 N–H and O–H groups in total. The monoisotopic (exact) mass is 509 g/mol. The molecule has 4 aromatic rings. The van der Waals surface area contributed by atoms with Crippen molar-refractivity contribution in [2.45, 2.75) is 18.9 Å². The number of benzene rings is 3. The number of amides is 1. The van der Waals surface area contributed by atoms with Gasteiger partial charge in [-0.05, 0) is 68.0 Å². The van der Waals surface area contributed by atoms with Crippen LogP contribution >= 0.6 is 0 Å². The van der Waals surface area contributed by atoms with E-state index in [-0.39, 0.29) is 22.7 Å². The van der Waals surface area contributed by atoms with Gasteiger partial charge in [0.15, 0.2) is 0 Å². The van der Waals surface area contributed by atoms with E-state index in [1.54, 1.807) is 17.0 Å². The molecule has 0 bridgehead atoms. The second kappa shape index (κ2) is 9.46. The lowest BCUT2D eigenvalue weighted by molar-refractivity contribution is -0.114. The van der Waals surface area contributed by atoms with Crippen LogP contribution in [0.15, 0.2) is 95.9 Å². The highest BCUT2D eigenvalue weighted by atomic mass is 19.1. The third kappa shape index (κ3) is 4.13. The summed E-state index contributed by atoms with van der Waals surface area (Å²) in [6, 6.07) is 19.3. The smallest absolute Gasteiger partial charge is 0.280 e. The fraction of sp³-hybridized carbons (Fsp3) is 0.167. The van der Waals surface area contributed by atoms with Gasteiger partial charge in [-0.25, -0.2) is 13.5 Å². The van der Waals surface area contributed by atoms with Gasteiger partial charge in [0.2, 0.25) is 0 Å². The first-order valence-corrected chi connectivity index (χ1v) is 12.4. The third-order valence-corrected chi connectivity index (χ3v) is 6.86. The van der Waals surface area contributed by atoms with Crippen molar-refractivity contribution in [2.75, 3.05) is 19.1 Å². The Labute approximate surface area is 219 Å². The Morgan fingerprint density at radius 3 is 2.45 bits per heavy atom. The SMILES string of the molecule is CN(C)Cc1ccccc1N1N=C2C(=CC(Cc3ccc(-n4cccn4)cc3)c3c(F)ccc(F)c32)C1=O. The number of halogens is 2. The van der Waals surface area contributed by atoms with Gasteiger partial charge in [-0.15, -0.1) is 0 Å². The summed E-state index contributed by atoms with van der Waals surface area (Å²) in [5.74, 6) is -2.00. The minimum absolute atomic E-state index is 0.0570. The van der Waals surface area contributed by atoms with Crippen LogP contribution < -0.4 is 5.01 Å². The van der Waals surface area contributed by atoms with Gasteiger partial charge in [0.25, 0.3) is 5.91 Å². The first kappa shape index (κ1) is 23.9. The zero-order valence-electron chi connectivity index (χ0n) is 21.0. The van der Waals surface area contributed by atoms with Gasteiger partial charge in [-0.2, -0.15) is 15.2 Å². The van der Waals surface area contributed by atoms with Crippen molar-refractivity contribution >= 4 is 17.3 Å². The van der Waals surface area contributed by atoms with Crippen molar-refractivity contribution in [1.82, 2.24) is 14.7 Å². The van der Waals surface area contributed by atoms with E-state index in [4.69, 9.17) is 0 Å². The Kier molecular flexibility index (Phi) is 5.96. The lowest BCUT2D eigenvalue weighted by Crippen LogP contribution is -2.26. The summed E-state index contributed by atoms with van der Waals surface area (Å²) < 4.78 is 32.3. The van der Waals surface area contributed by atoms with Gasteiger partial charge in [-0.1, -0.05) is 36.4 Å². The Bertz CT molecular complexity index is 1590. The van der Waals surface area contributed by atoms with Crippen LogP contribution in [0.5, 0.6) is 0 Å². The molecule has 2 heterocycles. The van der Waals surface area contributed by atoms with Gasteiger partial charge in [0.1, 0.15) is 17.3 Å². The highest BCUT2D eigenvalue weighted by Gasteiger charge is 2.40. The molecule has 0 saturated carbocycles. The summed E-state index contributed by atoms with van der Waals surface area (Å²) in [6.07, 6.45) is 5.69. The van der Waals surface area contributed by atoms with Crippen molar-refractivity contribution in [3.63, 3.8) is 0 Å². The molecule has 1 amide bonds. The molecule has 1 aromatic heterocycles. The highest BCUT2D eigenvalue weighted by molar-refractivity contribution is 6.36. The molecule has 8 heteroatoms. The number of aromatic nitrogens is 2. The summed E-state index contributed by atoms with van der Waals surface area (Å²) in [4.78, 5) is 15.7. The normalized spacial score (nSPS) is 16.4. The van der Waals surface area contributed by atoms with Gasteiger partial charge in [0.05, 0.1) is 16.9 Å². The maximum absolute atomic E-state index is 15.3. The highest BCUT2D eigenvalue weighted by Crippen LogP contribution is 2.40. The second-order valence-corrected chi connectivity index (χ2v) is 9.76. The maximum Gasteiger partial charge on any atom is 0.280 e. The van der Waals surface area contributed by atoms with Crippen LogP contribution in [0.1, 0.15) is 28.2 Å². The van der Waals surface area contributed by atoms with Gasteiger partial charge in [0, 0.05) is 36.0 Å². The summed E-state index contributed by atoms with van der Waals surface area (Å²) in [6.45, 7) is 0.598.